The van der Waals surface area contributed by atoms with Gasteiger partial charge in [-0.2, -0.15) is 0 Å². The van der Waals surface area contributed by atoms with Crippen molar-refractivity contribution in [2.45, 2.75) is 44.9 Å². The van der Waals surface area contributed by atoms with Crippen molar-refractivity contribution in [1.82, 2.24) is 0 Å². The zero-order chi connectivity index (χ0) is 14.7. The van der Waals surface area contributed by atoms with Gasteiger partial charge in [-0.15, -0.1) is 0 Å². The largest absolute Gasteiger partial charge is 0.493 e. The van der Waals surface area contributed by atoms with Crippen molar-refractivity contribution in [3.63, 3.8) is 0 Å². The molecule has 0 saturated carbocycles. The minimum atomic E-state index is 0.541. The highest BCUT2D eigenvalue weighted by Crippen LogP contribution is 2.32. The fraction of sp³-hybridized carbons (Fsp3) is 0.400. The minimum Gasteiger partial charge on any atom is -0.493 e. The average Bonchev–Trinajstić information content (AvgIpc) is 2.53. The molecule has 0 spiro atoms. The molecule has 0 heterocycles. The van der Waals surface area contributed by atoms with Crippen molar-refractivity contribution >= 4 is 0 Å². The van der Waals surface area contributed by atoms with Crippen LogP contribution in [0.5, 0.6) is 5.75 Å². The normalized spacial score (nSPS) is 17.6. The summed E-state index contributed by atoms with van der Waals surface area (Å²) in [6.45, 7) is 5.22. The molecule has 0 bridgehead atoms. The van der Waals surface area contributed by atoms with E-state index in [1.54, 1.807) is 0 Å². The Hall–Kier alpha value is -1.76. The van der Waals surface area contributed by atoms with Crippen LogP contribution in [-0.4, -0.2) is 6.61 Å². The molecular formula is C20H24O. The molecule has 21 heavy (non-hydrogen) atoms. The van der Waals surface area contributed by atoms with Gasteiger partial charge in [-0.3, -0.25) is 0 Å². The second kappa shape index (κ2) is 6.34. The highest BCUT2D eigenvalue weighted by Gasteiger charge is 2.20. The summed E-state index contributed by atoms with van der Waals surface area (Å²) in [6.07, 6.45) is 3.73. The van der Waals surface area contributed by atoms with Gasteiger partial charge in [-0.05, 0) is 54.0 Å². The molecule has 0 amide bonds. The van der Waals surface area contributed by atoms with E-state index in [1.165, 1.54) is 36.0 Å². The molecule has 0 radical (unpaired) electrons. The summed E-state index contributed by atoms with van der Waals surface area (Å²) < 4.78 is 6.04. The quantitative estimate of drug-likeness (QED) is 0.737. The van der Waals surface area contributed by atoms with Crippen LogP contribution in [0, 0.1) is 0 Å². The lowest BCUT2D eigenvalue weighted by atomic mass is 9.83. The third-order valence-corrected chi connectivity index (χ3v) is 4.49. The van der Waals surface area contributed by atoms with Crippen LogP contribution < -0.4 is 4.74 Å². The van der Waals surface area contributed by atoms with E-state index in [4.69, 9.17) is 4.74 Å². The van der Waals surface area contributed by atoms with Gasteiger partial charge in [0, 0.05) is 5.92 Å². The molecule has 2 aromatic carbocycles. The number of hydrogen-bond donors (Lipinski definition) is 0. The predicted octanol–water partition coefficient (Wildman–Crippen LogP) is 5.31. The van der Waals surface area contributed by atoms with Gasteiger partial charge in [-0.25, -0.2) is 0 Å². The molecule has 0 N–H and O–H groups in total. The lowest BCUT2D eigenvalue weighted by molar-refractivity contribution is 0.274. The third kappa shape index (κ3) is 3.29. The first-order valence-corrected chi connectivity index (χ1v) is 8.04. The second-order valence-corrected chi connectivity index (χ2v) is 6.32. The van der Waals surface area contributed by atoms with Crippen LogP contribution >= 0.6 is 0 Å². The molecule has 0 fully saturated rings. The van der Waals surface area contributed by atoms with E-state index in [1.807, 2.05) is 0 Å². The molecule has 0 aliphatic heterocycles. The Morgan fingerprint density at radius 2 is 1.81 bits per heavy atom. The van der Waals surface area contributed by atoms with Crippen LogP contribution in [0.25, 0.3) is 0 Å². The average molecular weight is 280 g/mol. The molecule has 3 rings (SSSR count). The maximum Gasteiger partial charge on any atom is 0.119 e. The van der Waals surface area contributed by atoms with Crippen molar-refractivity contribution in [3.05, 3.63) is 65.2 Å². The number of rotatable bonds is 4. The maximum absolute atomic E-state index is 6.04. The van der Waals surface area contributed by atoms with Gasteiger partial charge in [0.25, 0.3) is 0 Å². The molecule has 1 atom stereocenters. The van der Waals surface area contributed by atoms with Crippen molar-refractivity contribution in [1.29, 1.82) is 0 Å². The first-order chi connectivity index (χ1) is 10.2. The number of hydrogen-bond acceptors (Lipinski definition) is 1. The van der Waals surface area contributed by atoms with E-state index >= 15 is 0 Å². The number of benzene rings is 2. The van der Waals surface area contributed by atoms with E-state index in [0.29, 0.717) is 11.8 Å². The van der Waals surface area contributed by atoms with Crippen molar-refractivity contribution in [2.24, 2.45) is 0 Å². The Labute approximate surface area is 128 Å². The number of fused-ring (bicyclic) bond motifs is 1. The van der Waals surface area contributed by atoms with Crippen LogP contribution in [0.2, 0.25) is 0 Å². The van der Waals surface area contributed by atoms with E-state index < -0.39 is 0 Å². The zero-order valence-corrected chi connectivity index (χ0v) is 13.0. The first kappa shape index (κ1) is 14.2. The van der Waals surface area contributed by atoms with E-state index in [0.717, 1.165) is 12.4 Å². The smallest absolute Gasteiger partial charge is 0.119 e. The molecule has 0 aromatic heterocycles. The SMILES string of the molecule is CC(C)c1ccc(OCC2CCCc3ccccc32)cc1. The maximum atomic E-state index is 6.04. The lowest BCUT2D eigenvalue weighted by Crippen LogP contribution is -2.16. The number of ether oxygens (including phenoxy) is 1. The molecule has 2 aromatic rings. The summed E-state index contributed by atoms with van der Waals surface area (Å²) in [4.78, 5) is 0. The molecule has 0 saturated heterocycles. The summed E-state index contributed by atoms with van der Waals surface area (Å²) >= 11 is 0. The molecule has 1 aliphatic carbocycles. The Kier molecular flexibility index (Phi) is 4.28. The van der Waals surface area contributed by atoms with Gasteiger partial charge in [0.15, 0.2) is 0 Å². The Balaban J connectivity index is 1.66. The van der Waals surface area contributed by atoms with Gasteiger partial charge in [0.05, 0.1) is 6.61 Å². The van der Waals surface area contributed by atoms with Gasteiger partial charge < -0.3 is 4.74 Å². The monoisotopic (exact) mass is 280 g/mol. The summed E-state index contributed by atoms with van der Waals surface area (Å²) in [5.74, 6) is 2.10. The first-order valence-electron chi connectivity index (χ1n) is 8.04. The van der Waals surface area contributed by atoms with E-state index in [9.17, 15) is 0 Å². The fourth-order valence-electron chi connectivity index (χ4n) is 3.17. The third-order valence-electron chi connectivity index (χ3n) is 4.49. The second-order valence-electron chi connectivity index (χ2n) is 6.32. The minimum absolute atomic E-state index is 0.541. The van der Waals surface area contributed by atoms with Crippen molar-refractivity contribution < 1.29 is 4.74 Å². The van der Waals surface area contributed by atoms with E-state index in [-0.39, 0.29) is 0 Å². The van der Waals surface area contributed by atoms with Gasteiger partial charge in [0.1, 0.15) is 5.75 Å². The summed E-state index contributed by atoms with van der Waals surface area (Å²) in [5, 5.41) is 0. The molecule has 1 aliphatic rings. The highest BCUT2D eigenvalue weighted by molar-refractivity contribution is 5.33. The number of aryl methyl sites for hydroxylation is 1. The summed E-state index contributed by atoms with van der Waals surface area (Å²) in [6, 6.07) is 17.4. The Bertz CT molecular complexity index is 583. The van der Waals surface area contributed by atoms with Crippen LogP contribution in [0.1, 0.15) is 55.2 Å². The van der Waals surface area contributed by atoms with Crippen molar-refractivity contribution in [3.8, 4) is 5.75 Å². The Morgan fingerprint density at radius 1 is 1.05 bits per heavy atom. The fourth-order valence-corrected chi connectivity index (χ4v) is 3.17. The lowest BCUT2D eigenvalue weighted by Gasteiger charge is -2.25. The summed E-state index contributed by atoms with van der Waals surface area (Å²) in [7, 11) is 0. The highest BCUT2D eigenvalue weighted by atomic mass is 16.5. The van der Waals surface area contributed by atoms with Gasteiger partial charge in [-0.1, -0.05) is 50.2 Å². The van der Waals surface area contributed by atoms with E-state index in [2.05, 4.69) is 62.4 Å². The zero-order valence-electron chi connectivity index (χ0n) is 13.0. The van der Waals surface area contributed by atoms with Crippen LogP contribution in [0.3, 0.4) is 0 Å². The molecular weight excluding hydrogens is 256 g/mol. The van der Waals surface area contributed by atoms with Crippen LogP contribution in [0.4, 0.5) is 0 Å². The van der Waals surface area contributed by atoms with Gasteiger partial charge in [0.2, 0.25) is 0 Å². The summed E-state index contributed by atoms with van der Waals surface area (Å²) in [5.41, 5.74) is 4.36. The molecule has 110 valence electrons. The topological polar surface area (TPSA) is 9.23 Å². The van der Waals surface area contributed by atoms with Crippen molar-refractivity contribution in [2.75, 3.05) is 6.61 Å². The van der Waals surface area contributed by atoms with Crippen LogP contribution in [0.15, 0.2) is 48.5 Å². The van der Waals surface area contributed by atoms with Crippen LogP contribution in [-0.2, 0) is 6.42 Å². The molecule has 1 unspecified atom stereocenters. The predicted molar refractivity (Wildman–Crippen MR) is 88.1 cm³/mol. The standard InChI is InChI=1S/C20H24O/c1-15(2)16-10-12-19(13-11-16)21-14-18-8-5-7-17-6-3-4-9-20(17)18/h3-4,6,9-13,15,18H,5,7-8,14H2,1-2H3. The van der Waals surface area contributed by atoms with Gasteiger partial charge >= 0.3 is 0 Å². The molecule has 1 nitrogen and oxygen atoms in total. The molecule has 1 heteroatoms. The Morgan fingerprint density at radius 3 is 2.57 bits per heavy atom.